The van der Waals surface area contributed by atoms with Crippen LogP contribution in [0, 0.1) is 0 Å². The van der Waals surface area contributed by atoms with Gasteiger partial charge in [-0.1, -0.05) is 0 Å². The van der Waals surface area contributed by atoms with Crippen molar-refractivity contribution in [3.63, 3.8) is 0 Å². The van der Waals surface area contributed by atoms with Gasteiger partial charge in [-0.15, -0.1) is 11.3 Å². The van der Waals surface area contributed by atoms with E-state index in [1.165, 1.54) is 10.4 Å². The lowest BCUT2D eigenvalue weighted by atomic mass is 10.0. The number of nitrogens with one attached hydrogen (secondary N) is 1. The highest BCUT2D eigenvalue weighted by atomic mass is 32.1. The largest absolute Gasteiger partial charge is 0.336 e. The number of carbonyl (C=O) groups excluding carboxylic acids is 1. The van der Waals surface area contributed by atoms with Crippen LogP contribution in [0.2, 0.25) is 0 Å². The fourth-order valence-corrected chi connectivity index (χ4v) is 4.24. The summed E-state index contributed by atoms with van der Waals surface area (Å²) in [6, 6.07) is 2.22. The molecule has 1 N–H and O–H groups in total. The molecule has 1 aromatic heterocycles. The van der Waals surface area contributed by atoms with Crippen LogP contribution in [-0.4, -0.2) is 72.6 Å². The highest BCUT2D eigenvalue weighted by Crippen LogP contribution is 2.24. The van der Waals surface area contributed by atoms with E-state index in [2.05, 4.69) is 47.5 Å². The standard InChI is InChI=1S/C17H28N4OS/c1-17(2,21-9-7-19(3)8-10-21)13-18-16(22)20-6-4-15-14(12-20)5-11-23-15/h5,11H,4,6-10,12-13H2,1-3H3,(H,18,22). The number of piperazine rings is 1. The maximum Gasteiger partial charge on any atom is 0.317 e. The van der Waals surface area contributed by atoms with Crippen molar-refractivity contribution >= 4 is 17.4 Å². The molecule has 0 atom stereocenters. The average molecular weight is 337 g/mol. The molecule has 128 valence electrons. The van der Waals surface area contributed by atoms with Gasteiger partial charge < -0.3 is 15.1 Å². The van der Waals surface area contributed by atoms with Gasteiger partial charge in [0.1, 0.15) is 0 Å². The van der Waals surface area contributed by atoms with E-state index in [-0.39, 0.29) is 11.6 Å². The average Bonchev–Trinajstić information content (AvgIpc) is 3.00. The van der Waals surface area contributed by atoms with Crippen molar-refractivity contribution in [3.8, 4) is 0 Å². The van der Waals surface area contributed by atoms with E-state index in [9.17, 15) is 4.79 Å². The number of hydrogen-bond donors (Lipinski definition) is 1. The first-order valence-electron chi connectivity index (χ1n) is 8.47. The minimum Gasteiger partial charge on any atom is -0.336 e. The Labute approximate surface area is 143 Å². The molecule has 3 heterocycles. The molecule has 2 aliphatic rings. The number of nitrogens with zero attached hydrogens (tertiary/aromatic N) is 3. The first-order chi connectivity index (χ1) is 11.0. The number of thiophene rings is 1. The number of likely N-dealkylation sites (N-methyl/N-ethyl adjacent to an activating group) is 1. The Morgan fingerprint density at radius 1 is 1.26 bits per heavy atom. The minimum absolute atomic E-state index is 0.000246. The normalized spacial score (nSPS) is 20.4. The van der Waals surface area contributed by atoms with Crippen LogP contribution < -0.4 is 5.32 Å². The van der Waals surface area contributed by atoms with Crippen molar-refractivity contribution in [3.05, 3.63) is 21.9 Å². The Morgan fingerprint density at radius 2 is 2.00 bits per heavy atom. The van der Waals surface area contributed by atoms with Crippen molar-refractivity contribution in [1.29, 1.82) is 0 Å². The summed E-state index contributed by atoms with van der Waals surface area (Å²) in [7, 11) is 2.17. The van der Waals surface area contributed by atoms with E-state index in [0.717, 1.165) is 45.7 Å². The molecule has 23 heavy (non-hydrogen) atoms. The summed E-state index contributed by atoms with van der Waals surface area (Å²) < 4.78 is 0. The Hall–Kier alpha value is -1.11. The predicted molar refractivity (Wildman–Crippen MR) is 95.0 cm³/mol. The lowest BCUT2D eigenvalue weighted by Crippen LogP contribution is -2.58. The van der Waals surface area contributed by atoms with E-state index in [1.807, 2.05) is 4.90 Å². The molecule has 0 unspecified atom stereocenters. The summed E-state index contributed by atoms with van der Waals surface area (Å²) in [6.07, 6.45) is 0.988. The van der Waals surface area contributed by atoms with Gasteiger partial charge in [0.2, 0.25) is 0 Å². The van der Waals surface area contributed by atoms with E-state index < -0.39 is 0 Å². The summed E-state index contributed by atoms with van der Waals surface area (Å²) in [5.41, 5.74) is 1.31. The molecule has 6 heteroatoms. The van der Waals surface area contributed by atoms with E-state index in [4.69, 9.17) is 0 Å². The lowest BCUT2D eigenvalue weighted by molar-refractivity contribution is 0.0621. The van der Waals surface area contributed by atoms with E-state index >= 15 is 0 Å². The molecule has 0 bridgehead atoms. The zero-order valence-corrected chi connectivity index (χ0v) is 15.3. The lowest BCUT2D eigenvalue weighted by Gasteiger charge is -2.43. The van der Waals surface area contributed by atoms with Gasteiger partial charge in [-0.25, -0.2) is 4.79 Å². The first kappa shape index (κ1) is 16.7. The molecular weight excluding hydrogens is 308 g/mol. The van der Waals surface area contributed by atoms with Crippen molar-refractivity contribution in [1.82, 2.24) is 20.0 Å². The van der Waals surface area contributed by atoms with Gasteiger partial charge >= 0.3 is 6.03 Å². The number of amides is 2. The molecule has 0 radical (unpaired) electrons. The number of rotatable bonds is 3. The third kappa shape index (κ3) is 3.87. The summed E-state index contributed by atoms with van der Waals surface area (Å²) in [6.45, 7) is 11.1. The quantitative estimate of drug-likeness (QED) is 0.915. The monoisotopic (exact) mass is 336 g/mol. The molecule has 0 spiro atoms. The highest BCUT2D eigenvalue weighted by Gasteiger charge is 2.30. The van der Waals surface area contributed by atoms with E-state index in [0.29, 0.717) is 6.54 Å². The molecule has 3 rings (SSSR count). The Balaban J connectivity index is 1.50. The molecule has 1 fully saturated rings. The minimum atomic E-state index is 0.000246. The highest BCUT2D eigenvalue weighted by molar-refractivity contribution is 7.10. The molecule has 2 aliphatic heterocycles. The molecule has 5 nitrogen and oxygen atoms in total. The van der Waals surface area contributed by atoms with Crippen LogP contribution in [0.4, 0.5) is 4.79 Å². The Kier molecular flexibility index (Phi) is 4.94. The second kappa shape index (κ2) is 6.79. The third-order valence-electron chi connectivity index (χ3n) is 5.13. The van der Waals surface area contributed by atoms with Crippen LogP contribution in [-0.2, 0) is 13.0 Å². The van der Waals surface area contributed by atoms with Crippen LogP contribution in [0.3, 0.4) is 0 Å². The molecule has 0 saturated carbocycles. The summed E-state index contributed by atoms with van der Waals surface area (Å²) in [5, 5.41) is 5.29. The maximum atomic E-state index is 12.5. The van der Waals surface area contributed by atoms with Crippen LogP contribution in [0.1, 0.15) is 24.3 Å². The Morgan fingerprint density at radius 3 is 2.74 bits per heavy atom. The third-order valence-corrected chi connectivity index (χ3v) is 6.15. The number of urea groups is 1. The first-order valence-corrected chi connectivity index (χ1v) is 9.35. The molecule has 1 aromatic rings. The van der Waals surface area contributed by atoms with Crippen LogP contribution in [0.5, 0.6) is 0 Å². The predicted octanol–water partition coefficient (Wildman–Crippen LogP) is 1.84. The number of carbonyl (C=O) groups is 1. The topological polar surface area (TPSA) is 38.8 Å². The molecule has 0 aliphatic carbocycles. The van der Waals surface area contributed by atoms with E-state index in [1.54, 1.807) is 11.3 Å². The van der Waals surface area contributed by atoms with Gasteiger partial charge in [-0.3, -0.25) is 4.90 Å². The number of fused-ring (bicyclic) bond motifs is 1. The fraction of sp³-hybridized carbons (Fsp3) is 0.706. The second-order valence-electron chi connectivity index (χ2n) is 7.30. The molecular formula is C17H28N4OS. The van der Waals surface area contributed by atoms with Crippen molar-refractivity contribution in [2.45, 2.75) is 32.4 Å². The molecule has 2 amide bonds. The fourth-order valence-electron chi connectivity index (χ4n) is 3.35. The van der Waals surface area contributed by atoms with Crippen molar-refractivity contribution in [2.24, 2.45) is 0 Å². The van der Waals surface area contributed by atoms with Crippen molar-refractivity contribution in [2.75, 3.05) is 46.3 Å². The number of hydrogen-bond acceptors (Lipinski definition) is 4. The zero-order chi connectivity index (χ0) is 16.4. The van der Waals surface area contributed by atoms with Gasteiger partial charge in [0, 0.05) is 56.2 Å². The van der Waals surface area contributed by atoms with Gasteiger partial charge in [-0.2, -0.15) is 0 Å². The van der Waals surface area contributed by atoms with Gasteiger partial charge in [-0.05, 0) is 44.3 Å². The second-order valence-corrected chi connectivity index (χ2v) is 8.30. The van der Waals surface area contributed by atoms with Crippen LogP contribution >= 0.6 is 11.3 Å². The Bertz CT molecular complexity index is 549. The van der Waals surface area contributed by atoms with Crippen LogP contribution in [0.15, 0.2) is 11.4 Å². The van der Waals surface area contributed by atoms with Crippen molar-refractivity contribution < 1.29 is 4.79 Å². The molecule has 0 aromatic carbocycles. The summed E-state index contributed by atoms with van der Waals surface area (Å²) in [5.74, 6) is 0. The smallest absolute Gasteiger partial charge is 0.317 e. The summed E-state index contributed by atoms with van der Waals surface area (Å²) in [4.78, 5) is 20.7. The SMILES string of the molecule is CN1CCN(C(C)(C)CNC(=O)N2CCc3sccc3C2)CC1. The van der Waals surface area contributed by atoms with Gasteiger partial charge in [0.05, 0.1) is 0 Å². The van der Waals surface area contributed by atoms with Gasteiger partial charge in [0.15, 0.2) is 0 Å². The zero-order valence-electron chi connectivity index (χ0n) is 14.5. The van der Waals surface area contributed by atoms with Crippen LogP contribution in [0.25, 0.3) is 0 Å². The molecule has 1 saturated heterocycles. The summed E-state index contributed by atoms with van der Waals surface area (Å²) >= 11 is 1.81. The maximum absolute atomic E-state index is 12.5. The van der Waals surface area contributed by atoms with Gasteiger partial charge in [0.25, 0.3) is 0 Å².